The molecule has 156 valence electrons. The summed E-state index contributed by atoms with van der Waals surface area (Å²) >= 11 is 0. The molecule has 0 radical (unpaired) electrons. The number of hydrogen-bond donors (Lipinski definition) is 3. The van der Waals surface area contributed by atoms with Crippen LogP contribution in [0, 0.1) is 0 Å². The number of hydrogen-bond acceptors (Lipinski definition) is 3. The third-order valence-electron chi connectivity index (χ3n) is 4.41. The molecular weight excluding hydrogens is 387 g/mol. The van der Waals surface area contributed by atoms with Gasteiger partial charge in [0.1, 0.15) is 5.75 Å². The minimum Gasteiger partial charge on any atom is -0.497 e. The normalized spacial score (nSPS) is 13.3. The second-order valence-electron chi connectivity index (χ2n) is 6.59. The van der Waals surface area contributed by atoms with Crippen LogP contribution in [0.5, 0.6) is 5.75 Å². The lowest BCUT2D eigenvalue weighted by Gasteiger charge is -2.20. The third kappa shape index (κ3) is 6.49. The molecule has 0 saturated heterocycles. The summed E-state index contributed by atoms with van der Waals surface area (Å²) in [5, 5.41) is 5.30. The van der Waals surface area contributed by atoms with E-state index in [9.17, 15) is 22.8 Å². The molecule has 0 fully saturated rings. The topological polar surface area (TPSA) is 71.9 Å². The number of methoxy groups -OCH3 is 1. The maximum absolute atomic E-state index is 12.6. The van der Waals surface area contributed by atoms with Gasteiger partial charge in [-0.3, -0.25) is 9.59 Å². The van der Waals surface area contributed by atoms with Gasteiger partial charge in [0.15, 0.2) is 12.6 Å². The van der Waals surface area contributed by atoms with E-state index in [0.717, 1.165) is 12.1 Å². The minimum atomic E-state index is -4.43. The third-order valence-corrected chi connectivity index (χ3v) is 4.41. The molecule has 2 atom stereocenters. The standard InChI is InChI=1S/C20H22F3N3O3/c1-13(19(28)25-15-9-7-14(8-10-15)20(21,22)23)26(2)12-18(27)24-16-5-4-6-17(11-16)29-3/h4-11,13H,12H2,1-3H3,(H,24,27)(H,25,28)/p+1/t13-/m0/s1. The number of halogens is 3. The largest absolute Gasteiger partial charge is 0.497 e. The fraction of sp³-hybridized carbons (Fsp3) is 0.300. The van der Waals surface area contributed by atoms with Crippen LogP contribution in [0.1, 0.15) is 12.5 Å². The molecule has 0 saturated carbocycles. The van der Waals surface area contributed by atoms with Crippen molar-refractivity contribution in [2.24, 2.45) is 0 Å². The van der Waals surface area contributed by atoms with Gasteiger partial charge in [-0.25, -0.2) is 0 Å². The molecule has 1 unspecified atom stereocenters. The fourth-order valence-electron chi connectivity index (χ4n) is 2.53. The highest BCUT2D eigenvalue weighted by Gasteiger charge is 2.30. The molecule has 2 aromatic rings. The van der Waals surface area contributed by atoms with Crippen LogP contribution in [0.25, 0.3) is 0 Å². The Morgan fingerprint density at radius 3 is 2.31 bits per heavy atom. The Hall–Kier alpha value is -3.07. The van der Waals surface area contributed by atoms with Gasteiger partial charge < -0.3 is 20.3 Å². The van der Waals surface area contributed by atoms with Crippen LogP contribution < -0.4 is 20.3 Å². The van der Waals surface area contributed by atoms with Gasteiger partial charge in [-0.15, -0.1) is 0 Å². The molecule has 0 aromatic heterocycles. The van der Waals surface area contributed by atoms with Crippen molar-refractivity contribution in [2.45, 2.75) is 19.1 Å². The van der Waals surface area contributed by atoms with Gasteiger partial charge in [0.05, 0.1) is 19.7 Å². The van der Waals surface area contributed by atoms with E-state index >= 15 is 0 Å². The van der Waals surface area contributed by atoms with Crippen molar-refractivity contribution in [2.75, 3.05) is 31.3 Å². The summed E-state index contributed by atoms with van der Waals surface area (Å²) < 4.78 is 42.9. The van der Waals surface area contributed by atoms with Gasteiger partial charge in [-0.05, 0) is 43.3 Å². The first-order valence-corrected chi connectivity index (χ1v) is 8.84. The summed E-state index contributed by atoms with van der Waals surface area (Å²) in [5.74, 6) is -0.0887. The van der Waals surface area contributed by atoms with Gasteiger partial charge in [0.2, 0.25) is 0 Å². The number of carbonyl (C=O) groups excluding carboxylic acids is 2. The summed E-state index contributed by atoms with van der Waals surface area (Å²) in [6.07, 6.45) is -4.43. The first-order chi connectivity index (χ1) is 13.6. The van der Waals surface area contributed by atoms with E-state index in [-0.39, 0.29) is 18.1 Å². The quantitative estimate of drug-likeness (QED) is 0.655. The van der Waals surface area contributed by atoms with Crippen LogP contribution in [0.3, 0.4) is 0 Å². The molecule has 6 nitrogen and oxygen atoms in total. The Balaban J connectivity index is 1.90. The van der Waals surface area contributed by atoms with Crippen LogP contribution in [-0.2, 0) is 15.8 Å². The zero-order chi connectivity index (χ0) is 21.6. The molecule has 9 heteroatoms. The van der Waals surface area contributed by atoms with Crippen molar-refractivity contribution in [1.82, 2.24) is 0 Å². The molecule has 29 heavy (non-hydrogen) atoms. The monoisotopic (exact) mass is 410 g/mol. The van der Waals surface area contributed by atoms with E-state index in [4.69, 9.17) is 4.74 Å². The van der Waals surface area contributed by atoms with Crippen molar-refractivity contribution < 1.29 is 32.4 Å². The zero-order valence-corrected chi connectivity index (χ0v) is 16.3. The molecule has 3 N–H and O–H groups in total. The average molecular weight is 410 g/mol. The van der Waals surface area contributed by atoms with Crippen LogP contribution in [0.2, 0.25) is 0 Å². The predicted molar refractivity (Wildman–Crippen MR) is 103 cm³/mol. The van der Waals surface area contributed by atoms with Crippen molar-refractivity contribution >= 4 is 23.2 Å². The van der Waals surface area contributed by atoms with Crippen molar-refractivity contribution in [3.63, 3.8) is 0 Å². The summed E-state index contributed by atoms with van der Waals surface area (Å²) in [6.45, 7) is 1.66. The Bertz CT molecular complexity index is 854. The number of alkyl halides is 3. The molecule has 2 aromatic carbocycles. The molecule has 0 aliphatic rings. The van der Waals surface area contributed by atoms with E-state index in [1.54, 1.807) is 38.2 Å². The first kappa shape index (κ1) is 22.2. The Morgan fingerprint density at radius 2 is 1.72 bits per heavy atom. The zero-order valence-electron chi connectivity index (χ0n) is 16.3. The van der Waals surface area contributed by atoms with E-state index in [2.05, 4.69) is 10.6 Å². The number of ether oxygens (including phenoxy) is 1. The molecule has 0 aliphatic carbocycles. The Labute approximate surface area is 166 Å². The molecule has 0 bridgehead atoms. The number of benzene rings is 2. The van der Waals surface area contributed by atoms with Crippen LogP contribution >= 0.6 is 0 Å². The fourth-order valence-corrected chi connectivity index (χ4v) is 2.53. The lowest BCUT2D eigenvalue weighted by molar-refractivity contribution is -0.885. The van der Waals surface area contributed by atoms with Crippen molar-refractivity contribution in [3.8, 4) is 5.75 Å². The number of carbonyl (C=O) groups is 2. The lowest BCUT2D eigenvalue weighted by atomic mass is 10.2. The lowest BCUT2D eigenvalue weighted by Crippen LogP contribution is -3.14. The highest BCUT2D eigenvalue weighted by molar-refractivity contribution is 5.94. The first-order valence-electron chi connectivity index (χ1n) is 8.84. The van der Waals surface area contributed by atoms with Gasteiger partial charge in [-0.2, -0.15) is 13.2 Å². The van der Waals surface area contributed by atoms with Gasteiger partial charge >= 0.3 is 6.18 Å². The number of likely N-dealkylation sites (N-methyl/N-ethyl adjacent to an activating group) is 1. The maximum atomic E-state index is 12.6. The summed E-state index contributed by atoms with van der Waals surface area (Å²) in [6, 6.07) is 10.5. The Kier molecular flexibility index (Phi) is 7.22. The smallest absolute Gasteiger partial charge is 0.416 e. The highest BCUT2D eigenvalue weighted by atomic mass is 19.4. The number of nitrogens with one attached hydrogen (secondary N) is 3. The molecule has 2 amide bonds. The highest BCUT2D eigenvalue weighted by Crippen LogP contribution is 2.29. The number of quaternary nitrogens is 1. The number of rotatable bonds is 7. The maximum Gasteiger partial charge on any atom is 0.416 e. The predicted octanol–water partition coefficient (Wildman–Crippen LogP) is 2.19. The number of amides is 2. The SMILES string of the molecule is COc1cccc(NC(=O)C[NH+](C)[C@@H](C)C(=O)Nc2ccc(C(F)(F)F)cc2)c1. The molecule has 2 rings (SSSR count). The summed E-state index contributed by atoms with van der Waals surface area (Å²) in [5.41, 5.74) is 0.0352. The van der Waals surface area contributed by atoms with Crippen LogP contribution in [0.15, 0.2) is 48.5 Å². The number of anilines is 2. The molecule has 0 aliphatic heterocycles. The van der Waals surface area contributed by atoms with Gasteiger partial charge in [-0.1, -0.05) is 6.07 Å². The Morgan fingerprint density at radius 1 is 1.07 bits per heavy atom. The second-order valence-corrected chi connectivity index (χ2v) is 6.59. The second kappa shape index (κ2) is 9.42. The average Bonchev–Trinajstić information content (AvgIpc) is 2.67. The molecule has 0 spiro atoms. The summed E-state index contributed by atoms with van der Waals surface area (Å²) in [7, 11) is 3.21. The van der Waals surface area contributed by atoms with E-state index in [1.165, 1.54) is 19.2 Å². The van der Waals surface area contributed by atoms with E-state index < -0.39 is 23.7 Å². The van der Waals surface area contributed by atoms with E-state index in [0.29, 0.717) is 16.3 Å². The van der Waals surface area contributed by atoms with Crippen molar-refractivity contribution in [3.05, 3.63) is 54.1 Å². The van der Waals surface area contributed by atoms with Gasteiger partial charge in [0, 0.05) is 17.4 Å². The summed E-state index contributed by atoms with van der Waals surface area (Å²) in [4.78, 5) is 25.2. The minimum absolute atomic E-state index is 0.0266. The molecular formula is C20H23F3N3O3+. The molecule has 0 heterocycles. The van der Waals surface area contributed by atoms with Gasteiger partial charge in [0.25, 0.3) is 11.8 Å². The van der Waals surface area contributed by atoms with Crippen LogP contribution in [0.4, 0.5) is 24.5 Å². The van der Waals surface area contributed by atoms with Crippen LogP contribution in [-0.4, -0.2) is 38.6 Å². The van der Waals surface area contributed by atoms with Crippen molar-refractivity contribution in [1.29, 1.82) is 0 Å². The van der Waals surface area contributed by atoms with E-state index in [1.807, 2.05) is 0 Å².